The number of nitrogens with zero attached hydrogens (tertiary/aromatic N) is 2. The Morgan fingerprint density at radius 2 is 1.96 bits per heavy atom. The third-order valence-corrected chi connectivity index (χ3v) is 4.57. The summed E-state index contributed by atoms with van der Waals surface area (Å²) in [5.41, 5.74) is 1.80. The van der Waals surface area contributed by atoms with Crippen molar-refractivity contribution in [3.05, 3.63) is 29.6 Å². The number of hydrogen-bond donors (Lipinski definition) is 2. The van der Waals surface area contributed by atoms with Crippen molar-refractivity contribution in [3.8, 4) is 0 Å². The van der Waals surface area contributed by atoms with Gasteiger partial charge in [-0.3, -0.25) is 10.1 Å². The van der Waals surface area contributed by atoms with Crippen LogP contribution in [0.3, 0.4) is 0 Å². The number of hydrogen-bond acceptors (Lipinski definition) is 4. The third kappa shape index (κ3) is 4.45. The molecule has 5 nitrogen and oxygen atoms in total. The summed E-state index contributed by atoms with van der Waals surface area (Å²) in [4.78, 5) is 15.8. The molecule has 0 saturated carbocycles. The maximum Gasteiger partial charge on any atom is 0.238 e. The summed E-state index contributed by atoms with van der Waals surface area (Å²) in [5, 5.41) is 12.9. The number of carbonyl (C=O) groups is 1. The first-order valence-electron chi connectivity index (χ1n) is 8.49. The second-order valence-electron chi connectivity index (χ2n) is 6.76. The number of benzene rings is 1. The molecule has 1 amide bonds. The van der Waals surface area contributed by atoms with Crippen LogP contribution in [-0.2, 0) is 4.79 Å². The number of carbonyl (C=O) groups excluding carboxylic acids is 1. The van der Waals surface area contributed by atoms with Crippen molar-refractivity contribution in [3.63, 3.8) is 0 Å². The quantitative estimate of drug-likeness (QED) is 0.862. The van der Waals surface area contributed by atoms with E-state index in [1.807, 2.05) is 13.8 Å². The van der Waals surface area contributed by atoms with Gasteiger partial charge in [-0.05, 0) is 50.5 Å². The van der Waals surface area contributed by atoms with Crippen LogP contribution in [0.4, 0.5) is 10.1 Å². The van der Waals surface area contributed by atoms with Gasteiger partial charge in [-0.15, -0.1) is 0 Å². The van der Waals surface area contributed by atoms with Crippen molar-refractivity contribution < 1.29 is 14.3 Å². The van der Waals surface area contributed by atoms with Gasteiger partial charge in [0.1, 0.15) is 5.82 Å². The van der Waals surface area contributed by atoms with Crippen LogP contribution in [0.15, 0.2) is 18.2 Å². The van der Waals surface area contributed by atoms with E-state index in [0.29, 0.717) is 12.8 Å². The standard InChI is InChI=1S/C18H28FN3O2/c1-12(20-13(2)18(24)21(3)4)16-11-14(19)5-6-17(16)22-9-7-15(23)8-10-22/h5-6,11-13,15,20,23H,7-10H2,1-4H3. The van der Waals surface area contributed by atoms with Gasteiger partial charge in [0.05, 0.1) is 12.1 Å². The van der Waals surface area contributed by atoms with Gasteiger partial charge in [0.15, 0.2) is 0 Å². The molecule has 1 saturated heterocycles. The van der Waals surface area contributed by atoms with Crippen LogP contribution in [0, 0.1) is 5.82 Å². The van der Waals surface area contributed by atoms with Crippen molar-refractivity contribution >= 4 is 11.6 Å². The highest BCUT2D eigenvalue weighted by molar-refractivity contribution is 5.81. The number of nitrogens with one attached hydrogen (secondary N) is 1. The van der Waals surface area contributed by atoms with Crippen LogP contribution in [-0.4, -0.2) is 55.2 Å². The lowest BCUT2D eigenvalue weighted by Gasteiger charge is -2.34. The first kappa shape index (κ1) is 18.7. The number of amides is 1. The molecule has 1 aromatic carbocycles. The monoisotopic (exact) mass is 337 g/mol. The zero-order chi connectivity index (χ0) is 17.9. The molecule has 2 atom stereocenters. The van der Waals surface area contributed by atoms with Crippen molar-refractivity contribution in [2.75, 3.05) is 32.1 Å². The zero-order valence-corrected chi connectivity index (χ0v) is 14.9. The second-order valence-corrected chi connectivity index (χ2v) is 6.76. The van der Waals surface area contributed by atoms with E-state index in [1.54, 1.807) is 25.1 Å². The fourth-order valence-electron chi connectivity index (χ4n) is 3.19. The Bertz CT molecular complexity index is 571. The first-order chi connectivity index (χ1) is 11.3. The maximum atomic E-state index is 13.8. The van der Waals surface area contributed by atoms with Crippen LogP contribution >= 0.6 is 0 Å². The Morgan fingerprint density at radius 1 is 1.33 bits per heavy atom. The van der Waals surface area contributed by atoms with Crippen molar-refractivity contribution in [2.24, 2.45) is 0 Å². The lowest BCUT2D eigenvalue weighted by molar-refractivity contribution is -0.130. The van der Waals surface area contributed by atoms with E-state index in [-0.39, 0.29) is 29.9 Å². The molecule has 0 radical (unpaired) electrons. The molecule has 2 N–H and O–H groups in total. The van der Waals surface area contributed by atoms with Crippen LogP contribution in [0.25, 0.3) is 0 Å². The first-order valence-corrected chi connectivity index (χ1v) is 8.49. The summed E-state index contributed by atoms with van der Waals surface area (Å²) in [7, 11) is 3.44. The summed E-state index contributed by atoms with van der Waals surface area (Å²) in [6.07, 6.45) is 1.18. The molecular weight excluding hydrogens is 309 g/mol. The largest absolute Gasteiger partial charge is 0.393 e. The molecule has 0 bridgehead atoms. The average Bonchev–Trinajstić information content (AvgIpc) is 2.54. The van der Waals surface area contributed by atoms with E-state index in [1.165, 1.54) is 12.1 Å². The Hall–Kier alpha value is -1.66. The molecule has 24 heavy (non-hydrogen) atoms. The zero-order valence-electron chi connectivity index (χ0n) is 14.9. The third-order valence-electron chi connectivity index (χ3n) is 4.57. The maximum absolute atomic E-state index is 13.8. The topological polar surface area (TPSA) is 55.8 Å². The van der Waals surface area contributed by atoms with Gasteiger partial charge in [0.2, 0.25) is 5.91 Å². The average molecular weight is 337 g/mol. The van der Waals surface area contributed by atoms with Gasteiger partial charge >= 0.3 is 0 Å². The fourth-order valence-corrected chi connectivity index (χ4v) is 3.19. The Kier molecular flexibility index (Phi) is 6.18. The summed E-state index contributed by atoms with van der Waals surface area (Å²) in [6.45, 7) is 5.25. The van der Waals surface area contributed by atoms with E-state index >= 15 is 0 Å². The highest BCUT2D eigenvalue weighted by atomic mass is 19.1. The molecular formula is C18H28FN3O2. The number of piperidine rings is 1. The van der Waals surface area contributed by atoms with Gasteiger partial charge in [-0.2, -0.15) is 0 Å². The highest BCUT2D eigenvalue weighted by Crippen LogP contribution is 2.30. The molecule has 0 aliphatic carbocycles. The molecule has 6 heteroatoms. The van der Waals surface area contributed by atoms with E-state index in [0.717, 1.165) is 24.3 Å². The molecule has 2 unspecified atom stereocenters. The van der Waals surface area contributed by atoms with Gasteiger partial charge in [-0.1, -0.05) is 0 Å². The predicted octanol–water partition coefficient (Wildman–Crippen LogP) is 1.91. The van der Waals surface area contributed by atoms with Gasteiger partial charge in [0.25, 0.3) is 0 Å². The lowest BCUT2D eigenvalue weighted by atomic mass is 10.0. The van der Waals surface area contributed by atoms with Crippen molar-refractivity contribution in [1.29, 1.82) is 0 Å². The molecule has 1 aliphatic heterocycles. The minimum atomic E-state index is -0.353. The van der Waals surface area contributed by atoms with Crippen molar-refractivity contribution in [2.45, 2.75) is 44.9 Å². The minimum Gasteiger partial charge on any atom is -0.393 e. The number of aliphatic hydroxyl groups is 1. The Balaban J connectivity index is 2.18. The summed E-state index contributed by atoms with van der Waals surface area (Å²) in [6, 6.07) is 4.27. The van der Waals surface area contributed by atoms with E-state index in [4.69, 9.17) is 0 Å². The number of rotatable bonds is 5. The molecule has 1 aromatic rings. The number of aliphatic hydroxyl groups excluding tert-OH is 1. The molecule has 0 spiro atoms. The smallest absolute Gasteiger partial charge is 0.238 e. The summed E-state index contributed by atoms with van der Waals surface area (Å²) < 4.78 is 13.8. The normalized spacial score (nSPS) is 18.3. The molecule has 1 heterocycles. The van der Waals surface area contributed by atoms with Gasteiger partial charge in [0, 0.05) is 38.9 Å². The molecule has 1 fully saturated rings. The Labute approximate surface area is 143 Å². The van der Waals surface area contributed by atoms with E-state index < -0.39 is 0 Å². The van der Waals surface area contributed by atoms with Crippen LogP contribution in [0.5, 0.6) is 0 Å². The lowest BCUT2D eigenvalue weighted by Crippen LogP contribution is -2.43. The molecule has 2 rings (SSSR count). The van der Waals surface area contributed by atoms with E-state index in [2.05, 4.69) is 10.2 Å². The summed E-state index contributed by atoms with van der Waals surface area (Å²) in [5.74, 6) is -0.299. The van der Waals surface area contributed by atoms with Gasteiger partial charge in [-0.25, -0.2) is 4.39 Å². The predicted molar refractivity (Wildman–Crippen MR) is 93.6 cm³/mol. The summed E-state index contributed by atoms with van der Waals surface area (Å²) >= 11 is 0. The minimum absolute atomic E-state index is 0.0131. The SMILES string of the molecule is CC(NC(C)c1cc(F)ccc1N1CCC(O)CC1)C(=O)N(C)C. The number of anilines is 1. The molecule has 1 aliphatic rings. The van der Waals surface area contributed by atoms with Crippen molar-refractivity contribution in [1.82, 2.24) is 10.2 Å². The van der Waals surface area contributed by atoms with Crippen LogP contribution in [0.1, 0.15) is 38.3 Å². The number of likely N-dealkylation sites (N-methyl/N-ethyl adjacent to an activating group) is 1. The van der Waals surface area contributed by atoms with Gasteiger partial charge < -0.3 is 14.9 Å². The van der Waals surface area contributed by atoms with Crippen LogP contribution in [0.2, 0.25) is 0 Å². The highest BCUT2D eigenvalue weighted by Gasteiger charge is 2.24. The molecule has 0 aromatic heterocycles. The Morgan fingerprint density at radius 3 is 2.54 bits per heavy atom. The van der Waals surface area contributed by atoms with E-state index in [9.17, 15) is 14.3 Å². The molecule has 134 valence electrons. The van der Waals surface area contributed by atoms with Crippen LogP contribution < -0.4 is 10.2 Å². The number of halogens is 1. The second kappa shape index (κ2) is 7.94. The fraction of sp³-hybridized carbons (Fsp3) is 0.611.